The fourth-order valence-corrected chi connectivity index (χ4v) is 2.14. The molecule has 0 amide bonds. The predicted molar refractivity (Wildman–Crippen MR) is 75.7 cm³/mol. The molecule has 0 aliphatic rings. The Labute approximate surface area is 122 Å². The molecule has 0 unspecified atom stereocenters. The summed E-state index contributed by atoms with van der Waals surface area (Å²) in [6.07, 6.45) is 1.91. The lowest BCUT2D eigenvalue weighted by atomic mass is 10.2. The number of nitrogens with one attached hydrogen (secondary N) is 1. The van der Waals surface area contributed by atoms with E-state index in [2.05, 4.69) is 20.7 Å². The van der Waals surface area contributed by atoms with Crippen LogP contribution in [0.25, 0.3) is 0 Å². The Balaban J connectivity index is 1.95. The summed E-state index contributed by atoms with van der Waals surface area (Å²) in [6, 6.07) is 0. The second-order valence-corrected chi connectivity index (χ2v) is 4.91. The minimum absolute atomic E-state index is 0.573. The Kier molecular flexibility index (Phi) is 5.11. The van der Waals surface area contributed by atoms with Crippen LogP contribution < -0.4 is 5.32 Å². The first-order valence-electron chi connectivity index (χ1n) is 6.38. The summed E-state index contributed by atoms with van der Waals surface area (Å²) in [4.78, 5) is 0. The van der Waals surface area contributed by atoms with Crippen LogP contribution >= 0.6 is 11.6 Å². The first-order chi connectivity index (χ1) is 9.61. The van der Waals surface area contributed by atoms with Crippen LogP contribution in [0.2, 0.25) is 5.15 Å². The monoisotopic (exact) mass is 298 g/mol. The Bertz CT molecular complexity index is 564. The Morgan fingerprint density at radius 2 is 2.25 bits per heavy atom. The molecule has 110 valence electrons. The largest absolute Gasteiger partial charge is 0.383 e. The van der Waals surface area contributed by atoms with Gasteiger partial charge >= 0.3 is 0 Å². The van der Waals surface area contributed by atoms with E-state index in [1.54, 1.807) is 16.5 Å². The molecule has 0 saturated carbocycles. The van der Waals surface area contributed by atoms with E-state index in [-0.39, 0.29) is 0 Å². The van der Waals surface area contributed by atoms with Gasteiger partial charge in [-0.25, -0.2) is 4.68 Å². The van der Waals surface area contributed by atoms with Crippen LogP contribution in [-0.4, -0.2) is 45.0 Å². The molecule has 7 nitrogen and oxygen atoms in total. The summed E-state index contributed by atoms with van der Waals surface area (Å²) < 4.78 is 8.40. The van der Waals surface area contributed by atoms with Crippen molar-refractivity contribution in [2.45, 2.75) is 20.0 Å². The third kappa shape index (κ3) is 3.56. The maximum absolute atomic E-state index is 6.20. The zero-order chi connectivity index (χ0) is 14.5. The topological polar surface area (TPSA) is 69.8 Å². The number of ether oxygens (including phenoxy) is 1. The highest BCUT2D eigenvalue weighted by molar-refractivity contribution is 6.30. The van der Waals surface area contributed by atoms with Gasteiger partial charge in [-0.3, -0.25) is 4.68 Å². The highest BCUT2D eigenvalue weighted by Gasteiger charge is 2.12. The van der Waals surface area contributed by atoms with Crippen molar-refractivity contribution >= 4 is 11.6 Å². The van der Waals surface area contributed by atoms with Crippen LogP contribution in [0, 0.1) is 6.92 Å². The second kappa shape index (κ2) is 6.83. The zero-order valence-electron chi connectivity index (χ0n) is 11.9. The summed E-state index contributed by atoms with van der Waals surface area (Å²) in [5.41, 5.74) is 2.77. The molecule has 0 aliphatic carbocycles. The molecular formula is C12H19ClN6O. The average molecular weight is 299 g/mol. The molecule has 0 spiro atoms. The van der Waals surface area contributed by atoms with E-state index in [0.29, 0.717) is 24.8 Å². The van der Waals surface area contributed by atoms with Crippen molar-refractivity contribution in [3.63, 3.8) is 0 Å². The molecule has 0 fully saturated rings. The van der Waals surface area contributed by atoms with Crippen molar-refractivity contribution in [2.75, 3.05) is 20.3 Å². The van der Waals surface area contributed by atoms with Crippen molar-refractivity contribution in [2.24, 2.45) is 7.05 Å². The SMILES string of the molecule is COCCNCc1cn(Cc2c(C)nn(C)c2Cl)nn1. The summed E-state index contributed by atoms with van der Waals surface area (Å²) in [5, 5.41) is 16.4. The van der Waals surface area contributed by atoms with Gasteiger partial charge < -0.3 is 10.1 Å². The van der Waals surface area contributed by atoms with E-state index in [0.717, 1.165) is 23.5 Å². The van der Waals surface area contributed by atoms with Crippen molar-refractivity contribution in [3.8, 4) is 0 Å². The fraction of sp³-hybridized carbons (Fsp3) is 0.583. The summed E-state index contributed by atoms with van der Waals surface area (Å²) >= 11 is 6.20. The van der Waals surface area contributed by atoms with E-state index in [1.807, 2.05) is 20.2 Å². The molecule has 8 heteroatoms. The lowest BCUT2D eigenvalue weighted by molar-refractivity contribution is 0.199. The smallest absolute Gasteiger partial charge is 0.132 e. The minimum Gasteiger partial charge on any atom is -0.383 e. The highest BCUT2D eigenvalue weighted by Crippen LogP contribution is 2.19. The summed E-state index contributed by atoms with van der Waals surface area (Å²) in [7, 11) is 3.50. The Morgan fingerprint density at radius 3 is 2.90 bits per heavy atom. The lowest BCUT2D eigenvalue weighted by Crippen LogP contribution is -2.18. The second-order valence-electron chi connectivity index (χ2n) is 4.56. The van der Waals surface area contributed by atoms with Gasteiger partial charge in [0.05, 0.1) is 30.7 Å². The van der Waals surface area contributed by atoms with Crippen LogP contribution in [0.15, 0.2) is 6.20 Å². The number of halogens is 1. The third-order valence-corrected chi connectivity index (χ3v) is 3.44. The molecular weight excluding hydrogens is 280 g/mol. The molecule has 2 rings (SSSR count). The maximum atomic E-state index is 6.20. The number of nitrogens with zero attached hydrogens (tertiary/aromatic N) is 5. The van der Waals surface area contributed by atoms with Crippen LogP contribution in [0.4, 0.5) is 0 Å². The van der Waals surface area contributed by atoms with Gasteiger partial charge in [0.1, 0.15) is 5.15 Å². The molecule has 0 atom stereocenters. The van der Waals surface area contributed by atoms with E-state index in [1.165, 1.54) is 0 Å². The molecule has 2 aromatic rings. The van der Waals surface area contributed by atoms with Crippen LogP contribution in [0.5, 0.6) is 0 Å². The normalized spacial score (nSPS) is 11.2. The van der Waals surface area contributed by atoms with E-state index < -0.39 is 0 Å². The first-order valence-corrected chi connectivity index (χ1v) is 6.76. The van der Waals surface area contributed by atoms with Gasteiger partial charge in [0.25, 0.3) is 0 Å². The van der Waals surface area contributed by atoms with Gasteiger partial charge in [-0.15, -0.1) is 5.10 Å². The number of hydrogen-bond donors (Lipinski definition) is 1. The highest BCUT2D eigenvalue weighted by atomic mass is 35.5. The molecule has 2 aromatic heterocycles. The van der Waals surface area contributed by atoms with Crippen molar-refractivity contribution < 1.29 is 4.74 Å². The van der Waals surface area contributed by atoms with E-state index in [4.69, 9.17) is 16.3 Å². The number of hydrogen-bond acceptors (Lipinski definition) is 5. The van der Waals surface area contributed by atoms with Gasteiger partial charge in [-0.1, -0.05) is 16.8 Å². The fourth-order valence-electron chi connectivity index (χ4n) is 1.90. The maximum Gasteiger partial charge on any atom is 0.132 e. The standard InChI is InChI=1S/C12H19ClN6O/c1-9-11(12(13)18(2)16-9)8-19-7-10(15-17-19)6-14-4-5-20-3/h7,14H,4-6,8H2,1-3H3. The average Bonchev–Trinajstić information content (AvgIpc) is 2.96. The predicted octanol–water partition coefficient (Wildman–Crippen LogP) is 0.758. The Hall–Kier alpha value is -1.44. The number of aromatic nitrogens is 5. The van der Waals surface area contributed by atoms with Gasteiger partial charge in [0.2, 0.25) is 0 Å². The third-order valence-electron chi connectivity index (χ3n) is 2.97. The van der Waals surface area contributed by atoms with Gasteiger partial charge in [0, 0.05) is 32.8 Å². The molecule has 0 aromatic carbocycles. The zero-order valence-corrected chi connectivity index (χ0v) is 12.7. The van der Waals surface area contributed by atoms with Crippen LogP contribution in [-0.2, 0) is 24.9 Å². The lowest BCUT2D eigenvalue weighted by Gasteiger charge is -2.01. The molecule has 0 bridgehead atoms. The van der Waals surface area contributed by atoms with Gasteiger partial charge in [0.15, 0.2) is 0 Å². The van der Waals surface area contributed by atoms with Gasteiger partial charge in [-0.05, 0) is 6.92 Å². The van der Waals surface area contributed by atoms with Crippen molar-refractivity contribution in [1.29, 1.82) is 0 Å². The molecule has 1 N–H and O–H groups in total. The minimum atomic E-state index is 0.573. The van der Waals surface area contributed by atoms with Crippen molar-refractivity contribution in [3.05, 3.63) is 28.3 Å². The molecule has 20 heavy (non-hydrogen) atoms. The number of aryl methyl sites for hydroxylation is 2. The quantitative estimate of drug-likeness (QED) is 0.764. The van der Waals surface area contributed by atoms with Crippen LogP contribution in [0.1, 0.15) is 17.0 Å². The molecule has 2 heterocycles. The summed E-state index contributed by atoms with van der Waals surface area (Å²) in [6.45, 7) is 4.65. The molecule has 0 saturated heterocycles. The number of methoxy groups -OCH3 is 1. The molecule has 0 aliphatic heterocycles. The van der Waals surface area contributed by atoms with E-state index >= 15 is 0 Å². The first kappa shape index (κ1) is 15.0. The van der Waals surface area contributed by atoms with Gasteiger partial charge in [-0.2, -0.15) is 5.10 Å². The van der Waals surface area contributed by atoms with Crippen molar-refractivity contribution in [1.82, 2.24) is 30.1 Å². The molecule has 0 radical (unpaired) electrons. The van der Waals surface area contributed by atoms with Crippen LogP contribution in [0.3, 0.4) is 0 Å². The summed E-state index contributed by atoms with van der Waals surface area (Å²) in [5.74, 6) is 0. The Morgan fingerprint density at radius 1 is 1.45 bits per heavy atom. The number of rotatable bonds is 7. The van der Waals surface area contributed by atoms with E-state index in [9.17, 15) is 0 Å².